The Hall–Kier alpha value is -1.65. The van der Waals surface area contributed by atoms with Crippen molar-refractivity contribution in [1.29, 1.82) is 0 Å². The normalized spacial score (nSPS) is 10.4. The predicted molar refractivity (Wildman–Crippen MR) is 66.4 cm³/mol. The van der Waals surface area contributed by atoms with E-state index in [-0.39, 0.29) is 11.6 Å². The molecule has 1 aromatic heterocycles. The van der Waals surface area contributed by atoms with Crippen molar-refractivity contribution in [1.82, 2.24) is 4.98 Å². The number of aliphatic hydroxyl groups excluding tert-OH is 1. The second-order valence-electron chi connectivity index (χ2n) is 3.80. The molecule has 3 nitrogen and oxygen atoms in total. The molecule has 5 heteroatoms. The van der Waals surface area contributed by atoms with Crippen LogP contribution in [0.5, 0.6) is 11.6 Å². The molecular formula is C13H11ClFNO2. The Morgan fingerprint density at radius 3 is 2.78 bits per heavy atom. The zero-order chi connectivity index (χ0) is 13.1. The molecule has 0 bridgehead atoms. The van der Waals surface area contributed by atoms with Gasteiger partial charge in [0.05, 0.1) is 11.6 Å². The summed E-state index contributed by atoms with van der Waals surface area (Å²) < 4.78 is 18.7. The number of nitrogens with zero attached hydrogens (tertiary/aromatic N) is 1. The number of hydrogen-bond donors (Lipinski definition) is 1. The minimum absolute atomic E-state index is 0.0441. The van der Waals surface area contributed by atoms with Gasteiger partial charge in [-0.2, -0.15) is 0 Å². The van der Waals surface area contributed by atoms with Crippen molar-refractivity contribution >= 4 is 11.6 Å². The zero-order valence-electron chi connectivity index (χ0n) is 9.65. The highest BCUT2D eigenvalue weighted by Gasteiger charge is 2.07. The van der Waals surface area contributed by atoms with Crippen molar-refractivity contribution in [3.63, 3.8) is 0 Å². The highest BCUT2D eigenvalue weighted by atomic mass is 35.5. The predicted octanol–water partition coefficient (Wildman–Crippen LogP) is 3.47. The first-order valence-corrected chi connectivity index (χ1v) is 5.67. The average molecular weight is 268 g/mol. The lowest BCUT2D eigenvalue weighted by Gasteiger charge is -2.08. The number of ether oxygens (including phenoxy) is 1. The molecule has 0 aliphatic heterocycles. The lowest BCUT2D eigenvalue weighted by molar-refractivity contribution is 0.281. The van der Waals surface area contributed by atoms with Crippen LogP contribution in [0.25, 0.3) is 0 Å². The molecule has 0 spiro atoms. The van der Waals surface area contributed by atoms with E-state index in [1.165, 1.54) is 18.3 Å². The van der Waals surface area contributed by atoms with Gasteiger partial charge in [-0.25, -0.2) is 9.37 Å². The van der Waals surface area contributed by atoms with Crippen molar-refractivity contribution in [2.75, 3.05) is 0 Å². The van der Waals surface area contributed by atoms with Crippen molar-refractivity contribution in [2.45, 2.75) is 13.5 Å². The molecule has 1 N–H and O–H groups in total. The Morgan fingerprint density at radius 1 is 1.39 bits per heavy atom. The van der Waals surface area contributed by atoms with Crippen LogP contribution in [0.1, 0.15) is 11.1 Å². The number of halogens is 2. The number of benzene rings is 1. The van der Waals surface area contributed by atoms with Gasteiger partial charge in [-0.3, -0.25) is 0 Å². The summed E-state index contributed by atoms with van der Waals surface area (Å²) in [5.41, 5.74) is 1.46. The first-order valence-electron chi connectivity index (χ1n) is 5.29. The second kappa shape index (κ2) is 5.33. The average Bonchev–Trinajstić information content (AvgIpc) is 2.36. The van der Waals surface area contributed by atoms with Gasteiger partial charge in [0.15, 0.2) is 0 Å². The first kappa shape index (κ1) is 12.8. The fraction of sp³-hybridized carbons (Fsp3) is 0.154. The molecule has 2 rings (SSSR count). The smallest absolute Gasteiger partial charge is 0.222 e. The van der Waals surface area contributed by atoms with Gasteiger partial charge >= 0.3 is 0 Å². The van der Waals surface area contributed by atoms with Gasteiger partial charge < -0.3 is 9.84 Å². The Labute approximate surface area is 109 Å². The molecule has 0 fully saturated rings. The van der Waals surface area contributed by atoms with E-state index in [1.807, 2.05) is 0 Å². The highest BCUT2D eigenvalue weighted by Crippen LogP contribution is 2.26. The van der Waals surface area contributed by atoms with Gasteiger partial charge in [-0.1, -0.05) is 11.6 Å². The number of aromatic nitrogens is 1. The Balaban J connectivity index is 2.25. The van der Waals surface area contributed by atoms with E-state index < -0.39 is 5.82 Å². The standard InChI is InChI=1S/C13H11ClFNO2/c1-8-4-9(7-17)6-16-13(8)18-10-2-3-11(14)12(15)5-10/h2-6,17H,7H2,1H3. The number of aliphatic hydroxyl groups is 1. The van der Waals surface area contributed by atoms with Crippen LogP contribution in [-0.4, -0.2) is 10.1 Å². The van der Waals surface area contributed by atoms with Crippen molar-refractivity contribution in [2.24, 2.45) is 0 Å². The van der Waals surface area contributed by atoms with Crippen LogP contribution in [0.2, 0.25) is 5.02 Å². The SMILES string of the molecule is Cc1cc(CO)cnc1Oc1ccc(Cl)c(F)c1. The maximum absolute atomic E-state index is 13.2. The maximum Gasteiger partial charge on any atom is 0.222 e. The summed E-state index contributed by atoms with van der Waals surface area (Å²) in [7, 11) is 0. The summed E-state index contributed by atoms with van der Waals surface area (Å²) in [6, 6.07) is 5.94. The van der Waals surface area contributed by atoms with Crippen LogP contribution in [0.15, 0.2) is 30.5 Å². The largest absolute Gasteiger partial charge is 0.439 e. The topological polar surface area (TPSA) is 42.4 Å². The van der Waals surface area contributed by atoms with Gasteiger partial charge in [0.1, 0.15) is 11.6 Å². The summed E-state index contributed by atoms with van der Waals surface area (Å²) in [6.45, 7) is 1.72. The molecule has 1 heterocycles. The maximum atomic E-state index is 13.2. The third kappa shape index (κ3) is 2.78. The molecule has 94 valence electrons. The van der Waals surface area contributed by atoms with Crippen LogP contribution in [0.4, 0.5) is 4.39 Å². The van der Waals surface area contributed by atoms with Crippen LogP contribution in [0.3, 0.4) is 0 Å². The minimum atomic E-state index is -0.543. The van der Waals surface area contributed by atoms with Gasteiger partial charge in [-0.15, -0.1) is 0 Å². The lowest BCUT2D eigenvalue weighted by atomic mass is 10.2. The summed E-state index contributed by atoms with van der Waals surface area (Å²) in [4.78, 5) is 4.06. The summed E-state index contributed by atoms with van der Waals surface area (Å²) >= 11 is 5.58. The quantitative estimate of drug-likeness (QED) is 0.926. The molecule has 0 radical (unpaired) electrons. The van der Waals surface area contributed by atoms with Crippen molar-refractivity contribution < 1.29 is 14.2 Å². The van der Waals surface area contributed by atoms with Gasteiger partial charge in [0.2, 0.25) is 5.88 Å². The van der Waals surface area contributed by atoms with Crippen LogP contribution >= 0.6 is 11.6 Å². The summed E-state index contributed by atoms with van der Waals surface area (Å²) in [6.07, 6.45) is 1.51. The molecule has 0 atom stereocenters. The highest BCUT2D eigenvalue weighted by molar-refractivity contribution is 6.30. The van der Waals surface area contributed by atoms with E-state index in [0.717, 1.165) is 5.56 Å². The number of pyridine rings is 1. The molecule has 0 amide bonds. The van der Waals surface area contributed by atoms with E-state index in [9.17, 15) is 4.39 Å². The molecule has 0 saturated carbocycles. The molecule has 2 aromatic rings. The molecule has 0 aliphatic carbocycles. The van der Waals surface area contributed by atoms with E-state index in [2.05, 4.69) is 4.98 Å². The van der Waals surface area contributed by atoms with Gasteiger partial charge in [0.25, 0.3) is 0 Å². The third-order valence-corrected chi connectivity index (χ3v) is 2.68. The van der Waals surface area contributed by atoms with Crippen molar-refractivity contribution in [3.8, 4) is 11.6 Å². The second-order valence-corrected chi connectivity index (χ2v) is 4.21. The molecular weight excluding hydrogens is 257 g/mol. The monoisotopic (exact) mass is 267 g/mol. The molecule has 0 saturated heterocycles. The van der Waals surface area contributed by atoms with E-state index in [4.69, 9.17) is 21.4 Å². The minimum Gasteiger partial charge on any atom is -0.439 e. The Bertz CT molecular complexity index is 575. The number of aryl methyl sites for hydroxylation is 1. The molecule has 18 heavy (non-hydrogen) atoms. The number of hydrogen-bond acceptors (Lipinski definition) is 3. The third-order valence-electron chi connectivity index (χ3n) is 2.38. The Morgan fingerprint density at radius 2 is 2.17 bits per heavy atom. The van der Waals surface area contributed by atoms with E-state index in [0.29, 0.717) is 17.2 Å². The first-order chi connectivity index (χ1) is 8.60. The van der Waals surface area contributed by atoms with Crippen LogP contribution < -0.4 is 4.74 Å². The van der Waals surface area contributed by atoms with E-state index >= 15 is 0 Å². The Kier molecular flexibility index (Phi) is 3.79. The summed E-state index contributed by atoms with van der Waals surface area (Å²) in [5, 5.41) is 9.01. The fourth-order valence-corrected chi connectivity index (χ4v) is 1.58. The van der Waals surface area contributed by atoms with Gasteiger partial charge in [-0.05, 0) is 30.7 Å². The summed E-state index contributed by atoms with van der Waals surface area (Å²) in [5.74, 6) is 0.150. The molecule has 0 unspecified atom stereocenters. The lowest BCUT2D eigenvalue weighted by Crippen LogP contribution is -1.94. The van der Waals surface area contributed by atoms with E-state index in [1.54, 1.807) is 19.1 Å². The van der Waals surface area contributed by atoms with Crippen LogP contribution in [0, 0.1) is 12.7 Å². The van der Waals surface area contributed by atoms with Crippen LogP contribution in [-0.2, 0) is 6.61 Å². The zero-order valence-corrected chi connectivity index (χ0v) is 10.4. The molecule has 0 aliphatic rings. The van der Waals surface area contributed by atoms with Gasteiger partial charge in [0, 0.05) is 17.8 Å². The fourth-order valence-electron chi connectivity index (χ4n) is 1.47. The number of rotatable bonds is 3. The van der Waals surface area contributed by atoms with Crippen molar-refractivity contribution in [3.05, 3.63) is 52.4 Å². The molecule has 1 aromatic carbocycles.